The third-order valence-electron chi connectivity index (χ3n) is 2.93. The van der Waals surface area contributed by atoms with Crippen molar-refractivity contribution in [3.05, 3.63) is 23.8 Å². The average Bonchev–Trinajstić information content (AvgIpc) is 2.47. The lowest BCUT2D eigenvalue weighted by atomic mass is 10.2. The zero-order valence-electron chi connectivity index (χ0n) is 10.9. The van der Waals surface area contributed by atoms with Crippen LogP contribution in [0.4, 0.5) is 0 Å². The van der Waals surface area contributed by atoms with Crippen molar-refractivity contribution in [2.45, 2.75) is 17.7 Å². The van der Waals surface area contributed by atoms with E-state index in [1.165, 1.54) is 25.3 Å². The molecule has 0 aromatic heterocycles. The van der Waals surface area contributed by atoms with Crippen LogP contribution in [-0.4, -0.2) is 44.2 Å². The fraction of sp³-hybridized carbons (Fsp3) is 0.417. The number of hydrogen-bond donors (Lipinski definition) is 1. The normalized spacial score (nSPS) is 16.9. The summed E-state index contributed by atoms with van der Waals surface area (Å²) in [5, 5.41) is 8.91. The van der Waals surface area contributed by atoms with Crippen molar-refractivity contribution in [2.24, 2.45) is 0 Å². The van der Waals surface area contributed by atoms with Crippen LogP contribution in [-0.2, 0) is 14.9 Å². The van der Waals surface area contributed by atoms with Crippen molar-refractivity contribution in [3.63, 3.8) is 0 Å². The number of carboxylic acid groups (broad SMARTS) is 1. The Balaban J connectivity index is 2.42. The second-order valence-corrected chi connectivity index (χ2v) is 6.04. The maximum Gasteiger partial charge on any atom is 0.335 e. The van der Waals surface area contributed by atoms with Crippen LogP contribution in [0.25, 0.3) is 0 Å². The number of benzene rings is 1. The zero-order chi connectivity index (χ0) is 14.8. The lowest BCUT2D eigenvalue weighted by Crippen LogP contribution is -2.35. The summed E-state index contributed by atoms with van der Waals surface area (Å²) in [4.78, 5) is 15.9. The topological polar surface area (TPSA) is 93.1 Å². The van der Waals surface area contributed by atoms with Gasteiger partial charge in [0.15, 0.2) is 0 Å². The second-order valence-electron chi connectivity index (χ2n) is 4.24. The number of methoxy groups -OCH3 is 1. The highest BCUT2D eigenvalue weighted by molar-refractivity contribution is 7.89. The predicted molar refractivity (Wildman–Crippen MR) is 69.0 cm³/mol. The Morgan fingerprint density at radius 2 is 2.15 bits per heavy atom. The van der Waals surface area contributed by atoms with Gasteiger partial charge in [0.1, 0.15) is 10.6 Å². The summed E-state index contributed by atoms with van der Waals surface area (Å²) in [6, 6.07) is 3.62. The van der Waals surface area contributed by atoms with Crippen LogP contribution < -0.4 is 4.74 Å². The molecule has 0 aliphatic carbocycles. The van der Waals surface area contributed by atoms with Gasteiger partial charge in [0.2, 0.25) is 0 Å². The van der Waals surface area contributed by atoms with Crippen LogP contribution in [0.3, 0.4) is 0 Å². The number of carbonyl (C=O) groups is 1. The van der Waals surface area contributed by atoms with Gasteiger partial charge in [-0.2, -0.15) is 0 Å². The summed E-state index contributed by atoms with van der Waals surface area (Å²) in [6.45, 7) is 0.612. The van der Waals surface area contributed by atoms with Gasteiger partial charge in [-0.25, -0.2) is 13.2 Å². The highest BCUT2D eigenvalue weighted by Crippen LogP contribution is 2.29. The Bertz CT molecular complexity index is 606. The summed E-state index contributed by atoms with van der Waals surface area (Å²) in [5.41, 5.74) is -0.0413. The monoisotopic (exact) mass is 301 g/mol. The van der Waals surface area contributed by atoms with Gasteiger partial charge in [0.05, 0.1) is 19.3 Å². The summed E-state index contributed by atoms with van der Waals surface area (Å²) in [6.07, 6.45) is 1.52. The lowest BCUT2D eigenvalue weighted by Gasteiger charge is -2.25. The minimum absolute atomic E-state index is 0.0147. The minimum atomic E-state index is -3.85. The lowest BCUT2D eigenvalue weighted by molar-refractivity contribution is -0.108. The highest BCUT2D eigenvalue weighted by Gasteiger charge is 2.30. The average molecular weight is 301 g/mol. The van der Waals surface area contributed by atoms with E-state index in [-0.39, 0.29) is 22.8 Å². The van der Waals surface area contributed by atoms with E-state index in [9.17, 15) is 13.2 Å². The van der Waals surface area contributed by atoms with E-state index >= 15 is 0 Å². The number of rotatable bonds is 4. The Labute approximate surface area is 116 Å². The summed E-state index contributed by atoms with van der Waals surface area (Å²) < 4.78 is 30.8. The molecule has 1 saturated heterocycles. The number of carboxylic acids is 1. The molecule has 0 atom stereocenters. The molecule has 0 bridgehead atoms. The number of nitrogens with zero attached hydrogens (tertiary/aromatic N) is 1. The molecular formula is C12H15NO6S. The molecular weight excluding hydrogens is 286 g/mol. The van der Waals surface area contributed by atoms with E-state index in [0.29, 0.717) is 6.61 Å². The molecule has 7 nitrogen and oxygen atoms in total. The van der Waals surface area contributed by atoms with E-state index in [2.05, 4.69) is 0 Å². The molecule has 0 amide bonds. The molecule has 1 fully saturated rings. The van der Waals surface area contributed by atoms with Gasteiger partial charge >= 0.3 is 5.97 Å². The molecule has 0 spiro atoms. The molecule has 1 N–H and O–H groups in total. The SMILES string of the molecule is COc1cc(C(=O)O)ccc1S(=O)(=O)N1CCCCO1. The van der Waals surface area contributed by atoms with Crippen molar-refractivity contribution in [1.29, 1.82) is 0 Å². The molecule has 20 heavy (non-hydrogen) atoms. The molecule has 0 saturated carbocycles. The van der Waals surface area contributed by atoms with Crippen LogP contribution in [0.15, 0.2) is 23.1 Å². The minimum Gasteiger partial charge on any atom is -0.495 e. The number of hydrogen-bond acceptors (Lipinski definition) is 5. The molecule has 8 heteroatoms. The number of sulfonamides is 1. The van der Waals surface area contributed by atoms with E-state index in [1.54, 1.807) is 0 Å². The molecule has 1 aliphatic rings. The van der Waals surface area contributed by atoms with Crippen molar-refractivity contribution in [2.75, 3.05) is 20.3 Å². The van der Waals surface area contributed by atoms with Gasteiger partial charge in [-0.05, 0) is 31.0 Å². The van der Waals surface area contributed by atoms with Crippen LogP contribution in [0.2, 0.25) is 0 Å². The van der Waals surface area contributed by atoms with Gasteiger partial charge in [-0.1, -0.05) is 4.47 Å². The first kappa shape index (κ1) is 14.8. The molecule has 1 aromatic carbocycles. The molecule has 1 aromatic rings. The molecule has 0 unspecified atom stereocenters. The summed E-state index contributed by atoms with van der Waals surface area (Å²) in [7, 11) is -2.57. The van der Waals surface area contributed by atoms with Gasteiger partial charge < -0.3 is 9.84 Å². The van der Waals surface area contributed by atoms with E-state index in [0.717, 1.165) is 17.3 Å². The van der Waals surface area contributed by atoms with Crippen LogP contribution in [0, 0.1) is 0 Å². The molecule has 1 aliphatic heterocycles. The maximum absolute atomic E-state index is 12.4. The zero-order valence-corrected chi connectivity index (χ0v) is 11.7. The summed E-state index contributed by atoms with van der Waals surface area (Å²) in [5.74, 6) is -1.17. The van der Waals surface area contributed by atoms with Gasteiger partial charge in [0, 0.05) is 6.54 Å². The van der Waals surface area contributed by atoms with Crippen molar-refractivity contribution in [3.8, 4) is 5.75 Å². The maximum atomic E-state index is 12.4. The van der Waals surface area contributed by atoms with Gasteiger partial charge in [-0.15, -0.1) is 0 Å². The fourth-order valence-electron chi connectivity index (χ4n) is 1.89. The number of hydroxylamine groups is 1. The molecule has 0 radical (unpaired) electrons. The van der Waals surface area contributed by atoms with Crippen LogP contribution >= 0.6 is 0 Å². The third kappa shape index (κ3) is 2.77. The van der Waals surface area contributed by atoms with E-state index < -0.39 is 16.0 Å². The smallest absolute Gasteiger partial charge is 0.335 e. The first-order chi connectivity index (χ1) is 9.46. The van der Waals surface area contributed by atoms with E-state index in [1.807, 2.05) is 0 Å². The first-order valence-corrected chi connectivity index (χ1v) is 7.48. The molecule has 1 heterocycles. The van der Waals surface area contributed by atoms with Crippen molar-refractivity contribution >= 4 is 16.0 Å². The Morgan fingerprint density at radius 1 is 1.40 bits per heavy atom. The standard InChI is InChI=1S/C12H15NO6S/c1-18-10-8-9(12(14)15)4-5-11(10)20(16,17)13-6-2-3-7-19-13/h4-5,8H,2-3,6-7H2,1H3,(H,14,15). The second kappa shape index (κ2) is 5.78. The number of ether oxygens (including phenoxy) is 1. The number of aromatic carboxylic acids is 1. The highest BCUT2D eigenvalue weighted by atomic mass is 32.2. The Morgan fingerprint density at radius 3 is 2.70 bits per heavy atom. The predicted octanol–water partition coefficient (Wildman–Crippen LogP) is 1.11. The Kier molecular flexibility index (Phi) is 4.26. The fourth-order valence-corrected chi connectivity index (χ4v) is 3.33. The molecule has 110 valence electrons. The summed E-state index contributed by atoms with van der Waals surface area (Å²) >= 11 is 0. The Hall–Kier alpha value is -1.64. The van der Waals surface area contributed by atoms with E-state index in [4.69, 9.17) is 14.7 Å². The first-order valence-electron chi connectivity index (χ1n) is 6.04. The van der Waals surface area contributed by atoms with Crippen LogP contribution in [0.5, 0.6) is 5.75 Å². The largest absolute Gasteiger partial charge is 0.495 e. The third-order valence-corrected chi connectivity index (χ3v) is 4.64. The molecule has 2 rings (SSSR count). The van der Waals surface area contributed by atoms with Crippen LogP contribution in [0.1, 0.15) is 23.2 Å². The van der Waals surface area contributed by atoms with Gasteiger partial charge in [0.25, 0.3) is 10.0 Å². The van der Waals surface area contributed by atoms with Crippen molar-refractivity contribution in [1.82, 2.24) is 4.47 Å². The quantitative estimate of drug-likeness (QED) is 0.895. The van der Waals surface area contributed by atoms with Gasteiger partial charge in [-0.3, -0.25) is 4.84 Å². The van der Waals surface area contributed by atoms with Crippen molar-refractivity contribution < 1.29 is 27.9 Å².